The molecule has 0 fully saturated rings. The zero-order valence-electron chi connectivity index (χ0n) is 11.7. The van der Waals surface area contributed by atoms with E-state index in [9.17, 15) is 0 Å². The zero-order valence-corrected chi connectivity index (χ0v) is 14.0. The molecule has 0 heterocycles. The molecule has 1 nitrogen and oxygen atoms in total. The Morgan fingerprint density at radius 2 is 2.00 bits per heavy atom. The summed E-state index contributed by atoms with van der Waals surface area (Å²) in [4.78, 5) is 1.20. The Morgan fingerprint density at radius 3 is 2.63 bits per heavy atom. The van der Waals surface area contributed by atoms with Crippen LogP contribution in [0.2, 0.25) is 10.0 Å². The van der Waals surface area contributed by atoms with Gasteiger partial charge in [0.15, 0.2) is 0 Å². The maximum Gasteiger partial charge on any atom is 0.0603 e. The molecule has 1 N–H and O–H groups in total. The van der Waals surface area contributed by atoms with Gasteiger partial charge in [-0.05, 0) is 56.2 Å². The molecule has 1 rings (SSSR count). The van der Waals surface area contributed by atoms with E-state index in [0.29, 0.717) is 16.1 Å². The Kier molecular flexibility index (Phi) is 8.97. The van der Waals surface area contributed by atoms with Crippen molar-refractivity contribution in [2.75, 3.05) is 12.3 Å². The van der Waals surface area contributed by atoms with Gasteiger partial charge in [-0.15, -0.1) is 11.8 Å². The van der Waals surface area contributed by atoms with Gasteiger partial charge in [0, 0.05) is 10.9 Å². The number of rotatable bonds is 9. The van der Waals surface area contributed by atoms with E-state index in [-0.39, 0.29) is 0 Å². The summed E-state index contributed by atoms with van der Waals surface area (Å²) in [6, 6.07) is 6.51. The average Bonchev–Trinajstić information content (AvgIpc) is 2.42. The second-order valence-electron chi connectivity index (χ2n) is 4.63. The van der Waals surface area contributed by atoms with E-state index in [2.05, 4.69) is 19.2 Å². The summed E-state index contributed by atoms with van der Waals surface area (Å²) in [5, 5.41) is 4.85. The number of nitrogens with one attached hydrogen (secondary N) is 1. The van der Waals surface area contributed by atoms with E-state index >= 15 is 0 Å². The van der Waals surface area contributed by atoms with Crippen LogP contribution in [0.1, 0.15) is 39.5 Å². The highest BCUT2D eigenvalue weighted by atomic mass is 35.5. The van der Waals surface area contributed by atoms with Crippen molar-refractivity contribution in [3.63, 3.8) is 0 Å². The molecule has 19 heavy (non-hydrogen) atoms. The van der Waals surface area contributed by atoms with E-state index in [1.54, 1.807) is 0 Å². The molecule has 1 atom stereocenters. The second kappa shape index (κ2) is 9.93. The topological polar surface area (TPSA) is 12.0 Å². The van der Waals surface area contributed by atoms with Gasteiger partial charge in [-0.2, -0.15) is 0 Å². The third-order valence-electron chi connectivity index (χ3n) is 3.03. The summed E-state index contributed by atoms with van der Waals surface area (Å²) < 4.78 is 0. The van der Waals surface area contributed by atoms with Gasteiger partial charge in [0.2, 0.25) is 0 Å². The summed E-state index contributed by atoms with van der Waals surface area (Å²) in [7, 11) is 0. The van der Waals surface area contributed by atoms with Gasteiger partial charge in [0.05, 0.1) is 10.0 Å². The predicted molar refractivity (Wildman–Crippen MR) is 88.8 cm³/mol. The third kappa shape index (κ3) is 6.89. The van der Waals surface area contributed by atoms with E-state index in [1.165, 1.54) is 30.6 Å². The number of hydrogen-bond donors (Lipinski definition) is 1. The largest absolute Gasteiger partial charge is 0.314 e. The van der Waals surface area contributed by atoms with Crippen LogP contribution in [0.15, 0.2) is 23.1 Å². The Morgan fingerprint density at radius 1 is 1.21 bits per heavy atom. The minimum Gasteiger partial charge on any atom is -0.314 e. The van der Waals surface area contributed by atoms with Crippen LogP contribution in [0.3, 0.4) is 0 Å². The lowest BCUT2D eigenvalue weighted by atomic mass is 10.1. The summed E-state index contributed by atoms with van der Waals surface area (Å²) >= 11 is 13.8. The second-order valence-corrected chi connectivity index (χ2v) is 6.61. The molecule has 0 saturated heterocycles. The monoisotopic (exact) mass is 319 g/mol. The minimum absolute atomic E-state index is 0.626. The predicted octanol–water partition coefficient (Wildman–Crippen LogP) is 5.64. The Balaban J connectivity index is 2.24. The van der Waals surface area contributed by atoms with Crippen molar-refractivity contribution in [2.45, 2.75) is 50.5 Å². The maximum atomic E-state index is 6.00. The molecular formula is C15H23Cl2NS. The normalized spacial score (nSPS) is 12.6. The lowest BCUT2D eigenvalue weighted by molar-refractivity contribution is 0.465. The lowest BCUT2D eigenvalue weighted by Gasteiger charge is -2.16. The Labute approximate surface area is 131 Å². The average molecular weight is 320 g/mol. The van der Waals surface area contributed by atoms with Crippen molar-refractivity contribution in [1.29, 1.82) is 0 Å². The van der Waals surface area contributed by atoms with Gasteiger partial charge in [-0.3, -0.25) is 0 Å². The molecule has 108 valence electrons. The molecule has 0 bridgehead atoms. The molecule has 0 aliphatic heterocycles. The van der Waals surface area contributed by atoms with Crippen LogP contribution in [0.4, 0.5) is 0 Å². The fourth-order valence-electron chi connectivity index (χ4n) is 1.89. The van der Waals surface area contributed by atoms with Crippen LogP contribution in [0.5, 0.6) is 0 Å². The molecule has 0 radical (unpaired) electrons. The van der Waals surface area contributed by atoms with Crippen molar-refractivity contribution in [3.05, 3.63) is 28.2 Å². The number of benzene rings is 1. The summed E-state index contributed by atoms with van der Waals surface area (Å²) in [5.41, 5.74) is 0. The molecule has 0 amide bonds. The smallest absolute Gasteiger partial charge is 0.0603 e. The first-order valence-electron chi connectivity index (χ1n) is 6.98. The van der Waals surface area contributed by atoms with Gasteiger partial charge in [0.25, 0.3) is 0 Å². The minimum atomic E-state index is 0.626. The van der Waals surface area contributed by atoms with Crippen LogP contribution in [-0.4, -0.2) is 18.3 Å². The Bertz CT molecular complexity index is 371. The highest BCUT2D eigenvalue weighted by molar-refractivity contribution is 7.99. The highest BCUT2D eigenvalue weighted by Gasteiger charge is 2.05. The van der Waals surface area contributed by atoms with E-state index in [4.69, 9.17) is 23.2 Å². The molecule has 1 aromatic rings. The molecular weight excluding hydrogens is 297 g/mol. The van der Waals surface area contributed by atoms with E-state index in [0.717, 1.165) is 12.3 Å². The fourth-order valence-corrected chi connectivity index (χ4v) is 3.16. The zero-order chi connectivity index (χ0) is 14.1. The van der Waals surface area contributed by atoms with Crippen molar-refractivity contribution in [2.24, 2.45) is 0 Å². The highest BCUT2D eigenvalue weighted by Crippen LogP contribution is 2.28. The van der Waals surface area contributed by atoms with Crippen molar-refractivity contribution in [1.82, 2.24) is 5.32 Å². The molecule has 0 aliphatic rings. The SMILES string of the molecule is CCCNC(CC)CCCSc1ccc(Cl)c(Cl)c1. The number of thioether (sulfide) groups is 1. The van der Waals surface area contributed by atoms with Crippen molar-refractivity contribution < 1.29 is 0 Å². The van der Waals surface area contributed by atoms with E-state index < -0.39 is 0 Å². The fraction of sp³-hybridized carbons (Fsp3) is 0.600. The third-order valence-corrected chi connectivity index (χ3v) is 4.85. The standard InChI is InChI=1S/C15H23Cl2NS/c1-3-9-18-12(4-2)6-5-10-19-13-7-8-14(16)15(17)11-13/h7-8,11-12,18H,3-6,9-10H2,1-2H3. The van der Waals surface area contributed by atoms with Gasteiger partial charge >= 0.3 is 0 Å². The number of hydrogen-bond acceptors (Lipinski definition) is 2. The van der Waals surface area contributed by atoms with Crippen LogP contribution in [0.25, 0.3) is 0 Å². The lowest BCUT2D eigenvalue weighted by Crippen LogP contribution is -2.29. The Hall–Kier alpha value is 0.110. The van der Waals surface area contributed by atoms with Crippen molar-refractivity contribution >= 4 is 35.0 Å². The van der Waals surface area contributed by atoms with Crippen molar-refractivity contribution in [3.8, 4) is 0 Å². The van der Waals surface area contributed by atoms with E-state index in [1.807, 2.05) is 30.0 Å². The molecule has 4 heteroatoms. The summed E-state index contributed by atoms with van der Waals surface area (Å²) in [5.74, 6) is 1.13. The van der Waals surface area contributed by atoms with Gasteiger partial charge in [-0.25, -0.2) is 0 Å². The van der Waals surface area contributed by atoms with Gasteiger partial charge in [-0.1, -0.05) is 37.0 Å². The van der Waals surface area contributed by atoms with Gasteiger partial charge in [0.1, 0.15) is 0 Å². The first kappa shape index (κ1) is 17.2. The summed E-state index contributed by atoms with van der Waals surface area (Å²) in [6.07, 6.45) is 4.87. The van der Waals surface area contributed by atoms with Crippen LogP contribution < -0.4 is 5.32 Å². The first-order chi connectivity index (χ1) is 9.17. The number of halogens is 2. The van der Waals surface area contributed by atoms with Gasteiger partial charge < -0.3 is 5.32 Å². The van der Waals surface area contributed by atoms with Crippen LogP contribution in [-0.2, 0) is 0 Å². The molecule has 0 saturated carbocycles. The molecule has 1 unspecified atom stereocenters. The summed E-state index contributed by atoms with van der Waals surface area (Å²) in [6.45, 7) is 5.58. The molecule has 1 aromatic carbocycles. The molecule has 0 spiro atoms. The molecule has 0 aromatic heterocycles. The van der Waals surface area contributed by atoms with Crippen LogP contribution >= 0.6 is 35.0 Å². The van der Waals surface area contributed by atoms with Crippen LogP contribution in [0, 0.1) is 0 Å². The molecule has 0 aliphatic carbocycles. The maximum absolute atomic E-state index is 6.00. The first-order valence-corrected chi connectivity index (χ1v) is 8.72. The quantitative estimate of drug-likeness (QED) is 0.466.